The van der Waals surface area contributed by atoms with E-state index >= 15 is 0 Å². The van der Waals surface area contributed by atoms with Gasteiger partial charge in [-0.3, -0.25) is 4.90 Å². The van der Waals surface area contributed by atoms with Crippen LogP contribution >= 0.6 is 0 Å². The molecule has 2 aromatic rings. The second-order valence-corrected chi connectivity index (χ2v) is 6.94. The fourth-order valence-electron chi connectivity index (χ4n) is 3.44. The largest absolute Gasteiger partial charge is 0.497 e. The molecule has 0 amide bonds. The highest BCUT2D eigenvalue weighted by Crippen LogP contribution is 2.39. The number of rotatable bonds is 7. The van der Waals surface area contributed by atoms with Crippen LogP contribution in [-0.4, -0.2) is 35.8 Å². The molecule has 0 spiro atoms. The van der Waals surface area contributed by atoms with Gasteiger partial charge in [0, 0.05) is 24.1 Å². The van der Waals surface area contributed by atoms with E-state index in [1.54, 1.807) is 14.2 Å². The summed E-state index contributed by atoms with van der Waals surface area (Å²) >= 11 is 0. The molecule has 136 valence electrons. The van der Waals surface area contributed by atoms with Crippen molar-refractivity contribution in [3.63, 3.8) is 0 Å². The smallest absolute Gasteiger partial charge is 0.240 e. The number of nitrogens with zero attached hydrogens (tertiary/aromatic N) is 3. The molecule has 6 heteroatoms. The highest BCUT2D eigenvalue weighted by molar-refractivity contribution is 5.42. The maximum atomic E-state index is 5.59. The zero-order chi connectivity index (χ0) is 17.8. The first-order valence-corrected chi connectivity index (χ1v) is 8.88. The summed E-state index contributed by atoms with van der Waals surface area (Å²) in [7, 11) is 3.37. The minimum atomic E-state index is 0.293. The summed E-state index contributed by atoms with van der Waals surface area (Å²) in [6.45, 7) is 6.00. The van der Waals surface area contributed by atoms with Crippen molar-refractivity contribution in [3.8, 4) is 11.5 Å². The van der Waals surface area contributed by atoms with Gasteiger partial charge in [-0.2, -0.15) is 4.98 Å². The number of methoxy groups -OCH3 is 2. The van der Waals surface area contributed by atoms with Crippen molar-refractivity contribution < 1.29 is 14.0 Å². The first kappa shape index (κ1) is 17.7. The molecule has 1 aromatic carbocycles. The maximum absolute atomic E-state index is 5.59. The number of benzene rings is 1. The molecule has 0 radical (unpaired) electrons. The molecule has 0 bridgehead atoms. The van der Waals surface area contributed by atoms with E-state index in [-0.39, 0.29) is 0 Å². The molecule has 1 saturated heterocycles. The SMILES string of the molecule is COc1ccc(C2CCCN2Cc2nc(CC(C)C)no2)c(OC)c1. The molecule has 1 fully saturated rings. The van der Waals surface area contributed by atoms with E-state index in [2.05, 4.69) is 35.0 Å². The Labute approximate surface area is 149 Å². The lowest BCUT2D eigenvalue weighted by Gasteiger charge is -2.25. The monoisotopic (exact) mass is 345 g/mol. The van der Waals surface area contributed by atoms with Crippen LogP contribution in [0.3, 0.4) is 0 Å². The van der Waals surface area contributed by atoms with Gasteiger partial charge in [0.1, 0.15) is 11.5 Å². The van der Waals surface area contributed by atoms with Crippen LogP contribution in [0.15, 0.2) is 22.7 Å². The molecule has 0 saturated carbocycles. The summed E-state index contributed by atoms with van der Waals surface area (Å²) < 4.78 is 16.3. The normalized spacial score (nSPS) is 18.0. The average molecular weight is 345 g/mol. The maximum Gasteiger partial charge on any atom is 0.240 e. The second kappa shape index (κ2) is 7.87. The number of aromatic nitrogens is 2. The third-order valence-electron chi connectivity index (χ3n) is 4.60. The molecule has 3 rings (SSSR count). The topological polar surface area (TPSA) is 60.6 Å². The summed E-state index contributed by atoms with van der Waals surface area (Å²) in [5.74, 6) is 3.68. The van der Waals surface area contributed by atoms with Crippen molar-refractivity contribution in [2.75, 3.05) is 20.8 Å². The quantitative estimate of drug-likeness (QED) is 0.764. The molecule has 0 N–H and O–H groups in total. The van der Waals surface area contributed by atoms with Gasteiger partial charge in [0.15, 0.2) is 5.82 Å². The van der Waals surface area contributed by atoms with Crippen molar-refractivity contribution >= 4 is 0 Å². The van der Waals surface area contributed by atoms with Gasteiger partial charge in [0.05, 0.1) is 20.8 Å². The molecule has 2 heterocycles. The first-order valence-electron chi connectivity index (χ1n) is 8.88. The van der Waals surface area contributed by atoms with E-state index in [1.807, 2.05) is 12.1 Å². The highest BCUT2D eigenvalue weighted by atomic mass is 16.5. The lowest BCUT2D eigenvalue weighted by atomic mass is 10.0. The Morgan fingerprint density at radius 3 is 2.84 bits per heavy atom. The molecule has 1 aromatic heterocycles. The van der Waals surface area contributed by atoms with Crippen LogP contribution in [0, 0.1) is 5.92 Å². The van der Waals surface area contributed by atoms with Crippen molar-refractivity contribution in [3.05, 3.63) is 35.5 Å². The summed E-state index contributed by atoms with van der Waals surface area (Å²) in [5.41, 5.74) is 1.18. The van der Waals surface area contributed by atoms with E-state index in [4.69, 9.17) is 14.0 Å². The van der Waals surface area contributed by atoms with Crippen molar-refractivity contribution in [1.29, 1.82) is 0 Å². The van der Waals surface area contributed by atoms with Gasteiger partial charge in [-0.15, -0.1) is 0 Å². The van der Waals surface area contributed by atoms with E-state index in [1.165, 1.54) is 5.56 Å². The Balaban J connectivity index is 1.75. The number of hydrogen-bond donors (Lipinski definition) is 0. The van der Waals surface area contributed by atoms with Gasteiger partial charge in [0.25, 0.3) is 0 Å². The van der Waals surface area contributed by atoms with Crippen molar-refractivity contribution in [1.82, 2.24) is 15.0 Å². The molecule has 1 aliphatic rings. The lowest BCUT2D eigenvalue weighted by molar-refractivity contribution is 0.209. The fourth-order valence-corrected chi connectivity index (χ4v) is 3.44. The third-order valence-corrected chi connectivity index (χ3v) is 4.60. The molecular weight excluding hydrogens is 318 g/mol. The standard InChI is InChI=1S/C19H27N3O3/c1-13(2)10-18-20-19(25-21-18)12-22-9-5-6-16(22)15-8-7-14(23-3)11-17(15)24-4/h7-8,11,13,16H,5-6,9-10,12H2,1-4H3. The number of likely N-dealkylation sites (tertiary alicyclic amines) is 1. The van der Waals surface area contributed by atoms with Gasteiger partial charge in [0.2, 0.25) is 5.89 Å². The van der Waals surface area contributed by atoms with Crippen LogP contribution < -0.4 is 9.47 Å². The Kier molecular flexibility index (Phi) is 5.58. The average Bonchev–Trinajstić information content (AvgIpc) is 3.23. The van der Waals surface area contributed by atoms with E-state index in [0.29, 0.717) is 24.4 Å². The lowest BCUT2D eigenvalue weighted by Crippen LogP contribution is -2.23. The predicted molar refractivity (Wildman–Crippen MR) is 94.8 cm³/mol. The van der Waals surface area contributed by atoms with E-state index in [0.717, 1.165) is 43.1 Å². The summed E-state index contributed by atoms with van der Waals surface area (Å²) in [6.07, 6.45) is 3.09. The van der Waals surface area contributed by atoms with Crippen LogP contribution in [-0.2, 0) is 13.0 Å². The molecule has 6 nitrogen and oxygen atoms in total. The van der Waals surface area contributed by atoms with Crippen LogP contribution in [0.25, 0.3) is 0 Å². The van der Waals surface area contributed by atoms with Crippen LogP contribution in [0.4, 0.5) is 0 Å². The minimum Gasteiger partial charge on any atom is -0.497 e. The van der Waals surface area contributed by atoms with Gasteiger partial charge >= 0.3 is 0 Å². The van der Waals surface area contributed by atoms with E-state index < -0.39 is 0 Å². The van der Waals surface area contributed by atoms with Crippen LogP contribution in [0.2, 0.25) is 0 Å². The molecule has 1 atom stereocenters. The zero-order valence-electron chi connectivity index (χ0n) is 15.5. The summed E-state index contributed by atoms with van der Waals surface area (Å²) in [6, 6.07) is 6.32. The number of hydrogen-bond acceptors (Lipinski definition) is 6. The molecular formula is C19H27N3O3. The number of ether oxygens (including phenoxy) is 2. The van der Waals surface area contributed by atoms with Gasteiger partial charge < -0.3 is 14.0 Å². The molecule has 0 aliphatic carbocycles. The van der Waals surface area contributed by atoms with Crippen LogP contribution in [0.1, 0.15) is 50.0 Å². The zero-order valence-corrected chi connectivity index (χ0v) is 15.5. The van der Waals surface area contributed by atoms with Gasteiger partial charge in [-0.25, -0.2) is 0 Å². The third kappa shape index (κ3) is 4.12. The van der Waals surface area contributed by atoms with Crippen molar-refractivity contribution in [2.24, 2.45) is 5.92 Å². The van der Waals surface area contributed by atoms with Crippen LogP contribution in [0.5, 0.6) is 11.5 Å². The highest BCUT2D eigenvalue weighted by Gasteiger charge is 2.30. The molecule has 1 unspecified atom stereocenters. The Bertz CT molecular complexity index is 699. The molecule has 25 heavy (non-hydrogen) atoms. The van der Waals surface area contributed by atoms with Crippen molar-refractivity contribution in [2.45, 2.75) is 45.7 Å². The Hall–Kier alpha value is -2.08. The minimum absolute atomic E-state index is 0.293. The second-order valence-electron chi connectivity index (χ2n) is 6.94. The van der Waals surface area contributed by atoms with E-state index in [9.17, 15) is 0 Å². The Morgan fingerprint density at radius 2 is 2.12 bits per heavy atom. The molecule has 1 aliphatic heterocycles. The first-order chi connectivity index (χ1) is 12.1. The predicted octanol–water partition coefficient (Wildman–Crippen LogP) is 3.62. The van der Waals surface area contributed by atoms with Gasteiger partial charge in [-0.1, -0.05) is 25.1 Å². The van der Waals surface area contributed by atoms with Gasteiger partial charge in [-0.05, 0) is 31.4 Å². The Morgan fingerprint density at radius 1 is 1.28 bits per heavy atom. The fraction of sp³-hybridized carbons (Fsp3) is 0.579. The summed E-state index contributed by atoms with van der Waals surface area (Å²) in [4.78, 5) is 6.93. The summed E-state index contributed by atoms with van der Waals surface area (Å²) in [5, 5.41) is 4.10.